The van der Waals surface area contributed by atoms with Gasteiger partial charge in [-0.05, 0) is 30.7 Å². The molecule has 1 saturated heterocycles. The van der Waals surface area contributed by atoms with Crippen molar-refractivity contribution in [1.29, 1.82) is 0 Å². The lowest BCUT2D eigenvalue weighted by molar-refractivity contribution is 0.0781. The fourth-order valence-corrected chi connectivity index (χ4v) is 3.74. The van der Waals surface area contributed by atoms with Crippen LogP contribution in [0.15, 0.2) is 24.3 Å². The van der Waals surface area contributed by atoms with Crippen molar-refractivity contribution >= 4 is 28.4 Å². The maximum absolute atomic E-state index is 12.7. The van der Waals surface area contributed by atoms with Crippen molar-refractivity contribution in [2.75, 3.05) is 13.1 Å². The number of H-pyrrole nitrogens is 1. The van der Waals surface area contributed by atoms with E-state index in [4.69, 9.17) is 11.6 Å². The predicted octanol–water partition coefficient (Wildman–Crippen LogP) is 4.08. The van der Waals surface area contributed by atoms with Crippen LogP contribution >= 0.6 is 11.6 Å². The second-order valence-corrected chi connectivity index (χ2v) is 6.82. The Balaban J connectivity index is 1.54. The number of aromatic nitrogens is 1. The fourth-order valence-electron chi connectivity index (χ4n) is 3.45. The maximum atomic E-state index is 12.7. The van der Waals surface area contributed by atoms with Crippen LogP contribution in [-0.2, 0) is 0 Å². The molecule has 1 aliphatic carbocycles. The van der Waals surface area contributed by atoms with Crippen molar-refractivity contribution < 1.29 is 4.79 Å². The minimum Gasteiger partial charge on any atom is -0.349 e. The van der Waals surface area contributed by atoms with Gasteiger partial charge in [0.05, 0.1) is 5.02 Å². The van der Waals surface area contributed by atoms with Gasteiger partial charge in [-0.3, -0.25) is 4.79 Å². The third-order valence-electron chi connectivity index (χ3n) is 4.79. The number of para-hydroxylation sites is 1. The van der Waals surface area contributed by atoms with Crippen molar-refractivity contribution in [2.45, 2.75) is 25.7 Å². The molecule has 1 N–H and O–H groups in total. The van der Waals surface area contributed by atoms with E-state index >= 15 is 0 Å². The molecule has 1 unspecified atom stereocenters. The highest BCUT2D eigenvalue weighted by atomic mass is 35.5. The molecule has 2 aromatic rings. The van der Waals surface area contributed by atoms with Gasteiger partial charge >= 0.3 is 0 Å². The number of rotatable bonds is 3. The molecule has 21 heavy (non-hydrogen) atoms. The Morgan fingerprint density at radius 2 is 2.05 bits per heavy atom. The number of halogens is 1. The topological polar surface area (TPSA) is 36.1 Å². The molecule has 0 bridgehead atoms. The first-order valence-corrected chi connectivity index (χ1v) is 8.15. The molecule has 3 nitrogen and oxygen atoms in total. The van der Waals surface area contributed by atoms with E-state index in [2.05, 4.69) is 4.98 Å². The molecule has 1 amide bonds. The number of nitrogens with one attached hydrogen (secondary N) is 1. The van der Waals surface area contributed by atoms with Crippen LogP contribution < -0.4 is 0 Å². The predicted molar refractivity (Wildman–Crippen MR) is 84.7 cm³/mol. The van der Waals surface area contributed by atoms with Gasteiger partial charge in [0.1, 0.15) is 5.69 Å². The first-order valence-electron chi connectivity index (χ1n) is 7.78. The SMILES string of the molecule is O=C(c1[nH]c2ccccc2c1Cl)N1CCC(CC2CC2)C1. The lowest BCUT2D eigenvalue weighted by Gasteiger charge is -2.16. The molecule has 4 rings (SSSR count). The molecule has 110 valence electrons. The number of hydrogen-bond acceptors (Lipinski definition) is 1. The molecule has 0 spiro atoms. The minimum absolute atomic E-state index is 0.0505. The summed E-state index contributed by atoms with van der Waals surface area (Å²) in [6, 6.07) is 7.80. The summed E-state index contributed by atoms with van der Waals surface area (Å²) in [4.78, 5) is 17.8. The molecule has 1 aliphatic heterocycles. The van der Waals surface area contributed by atoms with Crippen molar-refractivity contribution in [3.8, 4) is 0 Å². The molecule has 2 aliphatic rings. The summed E-state index contributed by atoms with van der Waals surface area (Å²) in [5, 5.41) is 1.48. The molecular formula is C17H19ClN2O. The van der Waals surface area contributed by atoms with E-state index in [0.29, 0.717) is 16.6 Å². The maximum Gasteiger partial charge on any atom is 0.271 e. The zero-order valence-electron chi connectivity index (χ0n) is 11.9. The van der Waals surface area contributed by atoms with Crippen molar-refractivity contribution in [1.82, 2.24) is 9.88 Å². The van der Waals surface area contributed by atoms with Crippen LogP contribution in [0.25, 0.3) is 10.9 Å². The average molecular weight is 303 g/mol. The summed E-state index contributed by atoms with van der Waals surface area (Å²) in [5.74, 6) is 1.67. The van der Waals surface area contributed by atoms with Gasteiger partial charge in [-0.1, -0.05) is 42.6 Å². The number of benzene rings is 1. The lowest BCUT2D eigenvalue weighted by Crippen LogP contribution is -2.29. The first-order chi connectivity index (χ1) is 10.2. The Bertz CT molecular complexity index is 689. The number of nitrogens with zero attached hydrogens (tertiary/aromatic N) is 1. The second-order valence-electron chi connectivity index (χ2n) is 6.44. The van der Waals surface area contributed by atoms with Crippen LogP contribution in [0.2, 0.25) is 5.02 Å². The van der Waals surface area contributed by atoms with Crippen LogP contribution in [0.1, 0.15) is 36.2 Å². The molecule has 2 heterocycles. The molecular weight excluding hydrogens is 284 g/mol. The third-order valence-corrected chi connectivity index (χ3v) is 5.19. The van der Waals surface area contributed by atoms with E-state index in [1.54, 1.807) is 0 Å². The van der Waals surface area contributed by atoms with E-state index in [1.165, 1.54) is 19.3 Å². The van der Waals surface area contributed by atoms with Gasteiger partial charge in [-0.2, -0.15) is 0 Å². The first kappa shape index (κ1) is 13.2. The number of likely N-dealkylation sites (tertiary alicyclic amines) is 1. The van der Waals surface area contributed by atoms with Crippen molar-refractivity contribution in [2.24, 2.45) is 11.8 Å². The van der Waals surface area contributed by atoms with Gasteiger partial charge in [0.2, 0.25) is 0 Å². The smallest absolute Gasteiger partial charge is 0.271 e. The van der Waals surface area contributed by atoms with Crippen LogP contribution in [0.5, 0.6) is 0 Å². The summed E-state index contributed by atoms with van der Waals surface area (Å²) in [6.07, 6.45) is 5.21. The Labute approximate surface area is 129 Å². The highest BCUT2D eigenvalue weighted by Crippen LogP contribution is 2.38. The highest BCUT2D eigenvalue weighted by Gasteiger charge is 2.33. The van der Waals surface area contributed by atoms with Gasteiger partial charge in [0, 0.05) is 24.0 Å². The van der Waals surface area contributed by atoms with Crippen LogP contribution in [-0.4, -0.2) is 28.9 Å². The number of fused-ring (bicyclic) bond motifs is 1. The van der Waals surface area contributed by atoms with Gasteiger partial charge in [0.15, 0.2) is 0 Å². The highest BCUT2D eigenvalue weighted by molar-refractivity contribution is 6.38. The van der Waals surface area contributed by atoms with Gasteiger partial charge in [0.25, 0.3) is 5.91 Å². The summed E-state index contributed by atoms with van der Waals surface area (Å²) in [6.45, 7) is 1.75. The Kier molecular flexibility index (Phi) is 3.18. The normalized spacial score (nSPS) is 22.1. The zero-order valence-corrected chi connectivity index (χ0v) is 12.7. The second kappa shape index (κ2) is 5.06. The van der Waals surface area contributed by atoms with E-state index < -0.39 is 0 Å². The monoisotopic (exact) mass is 302 g/mol. The molecule has 1 saturated carbocycles. The van der Waals surface area contributed by atoms with E-state index in [0.717, 1.165) is 36.3 Å². The fraction of sp³-hybridized carbons (Fsp3) is 0.471. The van der Waals surface area contributed by atoms with Gasteiger partial charge in [-0.25, -0.2) is 0 Å². The van der Waals surface area contributed by atoms with Gasteiger partial charge in [-0.15, -0.1) is 0 Å². The quantitative estimate of drug-likeness (QED) is 0.911. The minimum atomic E-state index is 0.0505. The van der Waals surface area contributed by atoms with Gasteiger partial charge < -0.3 is 9.88 Å². The number of carbonyl (C=O) groups is 1. The summed E-state index contributed by atoms with van der Waals surface area (Å²) >= 11 is 6.38. The summed E-state index contributed by atoms with van der Waals surface area (Å²) in [5.41, 5.74) is 1.48. The standard InChI is InChI=1S/C17H19ClN2O/c18-15-13-3-1-2-4-14(13)19-16(15)17(21)20-8-7-12(10-20)9-11-5-6-11/h1-4,11-12,19H,5-10H2. The number of carbonyl (C=O) groups excluding carboxylic acids is 1. The zero-order chi connectivity index (χ0) is 14.4. The molecule has 1 aromatic carbocycles. The third kappa shape index (κ3) is 2.44. The van der Waals surface area contributed by atoms with Crippen LogP contribution in [0, 0.1) is 11.8 Å². The van der Waals surface area contributed by atoms with E-state index in [9.17, 15) is 4.79 Å². The molecule has 0 radical (unpaired) electrons. The van der Waals surface area contributed by atoms with E-state index in [-0.39, 0.29) is 5.91 Å². The average Bonchev–Trinajstić information content (AvgIpc) is 3.07. The number of amides is 1. The molecule has 1 aromatic heterocycles. The summed E-state index contributed by atoms with van der Waals surface area (Å²) in [7, 11) is 0. The van der Waals surface area contributed by atoms with Crippen molar-refractivity contribution in [3.05, 3.63) is 35.0 Å². The van der Waals surface area contributed by atoms with E-state index in [1.807, 2.05) is 29.2 Å². The number of hydrogen-bond donors (Lipinski definition) is 1. The summed E-state index contributed by atoms with van der Waals surface area (Å²) < 4.78 is 0. The van der Waals surface area contributed by atoms with Crippen LogP contribution in [0.3, 0.4) is 0 Å². The largest absolute Gasteiger partial charge is 0.349 e. The van der Waals surface area contributed by atoms with Crippen LogP contribution in [0.4, 0.5) is 0 Å². The Hall–Kier alpha value is -1.48. The Morgan fingerprint density at radius 1 is 1.24 bits per heavy atom. The molecule has 2 fully saturated rings. The molecule has 4 heteroatoms. The lowest BCUT2D eigenvalue weighted by atomic mass is 10.0. The number of aromatic amines is 1. The van der Waals surface area contributed by atoms with Crippen molar-refractivity contribution in [3.63, 3.8) is 0 Å². The Morgan fingerprint density at radius 3 is 2.81 bits per heavy atom. The molecule has 1 atom stereocenters.